The van der Waals surface area contributed by atoms with E-state index in [2.05, 4.69) is 49.1 Å². The lowest BCUT2D eigenvalue weighted by Crippen LogP contribution is -2.52. The third kappa shape index (κ3) is 3.07. The number of nitrogens with zero attached hydrogens (tertiary/aromatic N) is 7. The van der Waals surface area contributed by atoms with Crippen molar-refractivity contribution in [3.63, 3.8) is 0 Å². The highest BCUT2D eigenvalue weighted by Gasteiger charge is 2.24. The average Bonchev–Trinajstić information content (AvgIpc) is 3.08. The highest BCUT2D eigenvalue weighted by Crippen LogP contribution is 2.18. The Hall–Kier alpha value is -2.54. The first-order valence-corrected chi connectivity index (χ1v) is 8.34. The molecule has 0 radical (unpaired) electrons. The molecule has 0 aromatic carbocycles. The summed E-state index contributed by atoms with van der Waals surface area (Å²) in [6.07, 6.45) is 6.44. The topological polar surface area (TPSA) is 62.5 Å². The van der Waals surface area contributed by atoms with Gasteiger partial charge >= 0.3 is 0 Å². The van der Waals surface area contributed by atoms with E-state index in [1.807, 2.05) is 24.5 Å². The molecule has 4 rings (SSSR count). The van der Waals surface area contributed by atoms with E-state index in [1.165, 1.54) is 5.56 Å². The van der Waals surface area contributed by atoms with Crippen molar-refractivity contribution in [3.05, 3.63) is 48.5 Å². The summed E-state index contributed by atoms with van der Waals surface area (Å²) in [6, 6.07) is 8.62. The van der Waals surface area contributed by atoms with Crippen LogP contribution in [0.15, 0.2) is 43.0 Å². The van der Waals surface area contributed by atoms with Crippen LogP contribution < -0.4 is 4.90 Å². The average molecular weight is 323 g/mol. The van der Waals surface area contributed by atoms with Crippen LogP contribution >= 0.6 is 0 Å². The minimum atomic E-state index is 0.428. The van der Waals surface area contributed by atoms with Crippen LogP contribution in [0.3, 0.4) is 0 Å². The molecule has 0 amide bonds. The van der Waals surface area contributed by atoms with Gasteiger partial charge in [0.2, 0.25) is 0 Å². The summed E-state index contributed by atoms with van der Waals surface area (Å²) >= 11 is 0. The summed E-state index contributed by atoms with van der Waals surface area (Å²) in [4.78, 5) is 8.97. The molecule has 1 aliphatic heterocycles. The first kappa shape index (κ1) is 15.0. The Balaban J connectivity index is 1.39. The Morgan fingerprint density at radius 1 is 1.12 bits per heavy atom. The molecule has 4 heterocycles. The van der Waals surface area contributed by atoms with Crippen molar-refractivity contribution in [2.24, 2.45) is 0 Å². The molecule has 1 fully saturated rings. The molecular formula is C17H21N7. The smallest absolute Gasteiger partial charge is 0.177 e. The Labute approximate surface area is 140 Å². The molecule has 7 heteroatoms. The Kier molecular flexibility index (Phi) is 4.08. The second-order valence-electron chi connectivity index (χ2n) is 6.27. The van der Waals surface area contributed by atoms with Gasteiger partial charge in [-0.2, -0.15) is 4.52 Å². The van der Waals surface area contributed by atoms with Gasteiger partial charge in [-0.05, 0) is 43.2 Å². The third-order valence-corrected chi connectivity index (χ3v) is 4.62. The minimum Gasteiger partial charge on any atom is -0.350 e. The lowest BCUT2D eigenvalue weighted by Gasteiger charge is -2.40. The maximum atomic E-state index is 4.62. The zero-order chi connectivity index (χ0) is 16.4. The summed E-state index contributed by atoms with van der Waals surface area (Å²) in [5.74, 6) is 0.989. The maximum absolute atomic E-state index is 4.62. The molecule has 1 saturated heterocycles. The second-order valence-corrected chi connectivity index (χ2v) is 6.27. The second kappa shape index (κ2) is 6.52. The van der Waals surface area contributed by atoms with E-state index in [4.69, 9.17) is 0 Å². The molecule has 7 nitrogen and oxygen atoms in total. The number of hydrogen-bond donors (Lipinski definition) is 0. The van der Waals surface area contributed by atoms with Crippen LogP contribution in [-0.2, 0) is 6.42 Å². The van der Waals surface area contributed by atoms with E-state index in [1.54, 1.807) is 10.8 Å². The van der Waals surface area contributed by atoms with Crippen LogP contribution in [0.1, 0.15) is 12.5 Å². The number of hydrogen-bond acceptors (Lipinski definition) is 6. The SMILES string of the molecule is C[C@@H]1CN(CCc2ccncc2)CCN1c1ccc2nncn2n1. The molecule has 0 aliphatic carbocycles. The Bertz CT molecular complexity index is 801. The van der Waals surface area contributed by atoms with Crippen LogP contribution in [0.2, 0.25) is 0 Å². The zero-order valence-corrected chi connectivity index (χ0v) is 13.8. The first-order chi connectivity index (χ1) is 11.8. The fourth-order valence-corrected chi connectivity index (χ4v) is 3.28. The molecule has 0 bridgehead atoms. The van der Waals surface area contributed by atoms with Gasteiger partial charge in [0.05, 0.1) is 0 Å². The van der Waals surface area contributed by atoms with Crippen molar-refractivity contribution in [2.75, 3.05) is 31.1 Å². The number of piperazine rings is 1. The van der Waals surface area contributed by atoms with E-state index < -0.39 is 0 Å². The largest absolute Gasteiger partial charge is 0.350 e. The van der Waals surface area contributed by atoms with E-state index in [0.29, 0.717) is 6.04 Å². The van der Waals surface area contributed by atoms with Crippen LogP contribution in [0.5, 0.6) is 0 Å². The summed E-state index contributed by atoms with van der Waals surface area (Å²) in [5, 5.41) is 12.5. The molecule has 24 heavy (non-hydrogen) atoms. The predicted octanol–water partition coefficient (Wildman–Crippen LogP) is 1.27. The fourth-order valence-electron chi connectivity index (χ4n) is 3.28. The number of anilines is 1. The third-order valence-electron chi connectivity index (χ3n) is 4.62. The number of pyridine rings is 1. The van der Waals surface area contributed by atoms with E-state index >= 15 is 0 Å². The molecule has 124 valence electrons. The Morgan fingerprint density at radius 2 is 2.00 bits per heavy atom. The first-order valence-electron chi connectivity index (χ1n) is 8.34. The van der Waals surface area contributed by atoms with Crippen LogP contribution in [0.4, 0.5) is 5.82 Å². The van der Waals surface area contributed by atoms with Crippen molar-refractivity contribution in [1.82, 2.24) is 29.7 Å². The van der Waals surface area contributed by atoms with Gasteiger partial charge in [0.1, 0.15) is 12.1 Å². The summed E-state index contributed by atoms with van der Waals surface area (Å²) in [7, 11) is 0. The van der Waals surface area contributed by atoms with Gasteiger partial charge in [-0.15, -0.1) is 15.3 Å². The lowest BCUT2D eigenvalue weighted by atomic mass is 10.1. The minimum absolute atomic E-state index is 0.428. The van der Waals surface area contributed by atoms with E-state index in [0.717, 1.165) is 44.1 Å². The van der Waals surface area contributed by atoms with Gasteiger partial charge < -0.3 is 4.90 Å². The van der Waals surface area contributed by atoms with Crippen LogP contribution in [0, 0.1) is 0 Å². The molecule has 3 aromatic rings. The molecular weight excluding hydrogens is 302 g/mol. The van der Waals surface area contributed by atoms with Crippen molar-refractivity contribution in [3.8, 4) is 0 Å². The van der Waals surface area contributed by atoms with Gasteiger partial charge in [-0.3, -0.25) is 9.88 Å². The predicted molar refractivity (Wildman–Crippen MR) is 92.0 cm³/mol. The van der Waals surface area contributed by atoms with Gasteiger partial charge in [0.15, 0.2) is 5.65 Å². The quantitative estimate of drug-likeness (QED) is 0.721. The Morgan fingerprint density at radius 3 is 2.83 bits per heavy atom. The van der Waals surface area contributed by atoms with E-state index in [-0.39, 0.29) is 0 Å². The van der Waals surface area contributed by atoms with Crippen molar-refractivity contribution < 1.29 is 0 Å². The molecule has 0 N–H and O–H groups in total. The van der Waals surface area contributed by atoms with Crippen molar-refractivity contribution >= 4 is 11.5 Å². The maximum Gasteiger partial charge on any atom is 0.177 e. The van der Waals surface area contributed by atoms with Gasteiger partial charge in [-0.1, -0.05) is 0 Å². The van der Waals surface area contributed by atoms with Crippen molar-refractivity contribution in [1.29, 1.82) is 0 Å². The highest BCUT2D eigenvalue weighted by molar-refractivity contribution is 5.46. The lowest BCUT2D eigenvalue weighted by molar-refractivity contribution is 0.230. The standard InChI is InChI=1S/C17H21N7/c1-14-12-22(9-6-15-4-7-18-8-5-15)10-11-23(14)17-3-2-16-20-19-13-24(16)21-17/h2-5,7-8,13-14H,6,9-12H2,1H3/t14-/m1/s1. The molecule has 1 atom stereocenters. The highest BCUT2D eigenvalue weighted by atomic mass is 15.4. The monoisotopic (exact) mass is 323 g/mol. The molecule has 3 aromatic heterocycles. The van der Waals surface area contributed by atoms with Gasteiger partial charge in [-0.25, -0.2) is 0 Å². The summed E-state index contributed by atoms with van der Waals surface area (Å²) < 4.78 is 1.73. The summed E-state index contributed by atoms with van der Waals surface area (Å²) in [6.45, 7) is 6.43. The van der Waals surface area contributed by atoms with Crippen molar-refractivity contribution in [2.45, 2.75) is 19.4 Å². The van der Waals surface area contributed by atoms with Crippen LogP contribution in [0.25, 0.3) is 5.65 Å². The molecule has 0 spiro atoms. The number of fused-ring (bicyclic) bond motifs is 1. The summed E-state index contributed by atoms with van der Waals surface area (Å²) in [5.41, 5.74) is 2.13. The number of aromatic nitrogens is 5. The van der Waals surface area contributed by atoms with Gasteiger partial charge in [0, 0.05) is 44.6 Å². The molecule has 1 aliphatic rings. The molecule has 0 saturated carbocycles. The zero-order valence-electron chi connectivity index (χ0n) is 13.8. The van der Waals surface area contributed by atoms with E-state index in [9.17, 15) is 0 Å². The normalized spacial score (nSPS) is 19.0. The fraction of sp³-hybridized carbons (Fsp3) is 0.412. The molecule has 0 unspecified atom stereocenters. The van der Waals surface area contributed by atoms with Crippen LogP contribution in [-0.4, -0.2) is 61.9 Å². The number of rotatable bonds is 4. The van der Waals surface area contributed by atoms with Gasteiger partial charge in [0.25, 0.3) is 0 Å².